The summed E-state index contributed by atoms with van der Waals surface area (Å²) in [6.45, 7) is 0. The molecule has 0 aliphatic carbocycles. The van der Waals surface area contributed by atoms with Crippen LogP contribution in [0, 0.1) is 11.6 Å². The molecule has 3 aromatic rings. The highest BCUT2D eigenvalue weighted by atomic mass is 79.9. The van der Waals surface area contributed by atoms with E-state index in [0.29, 0.717) is 5.39 Å². The second-order valence-corrected chi connectivity index (χ2v) is 6.48. The van der Waals surface area contributed by atoms with Crippen LogP contribution < -0.4 is 0 Å². The van der Waals surface area contributed by atoms with E-state index < -0.39 is 0 Å². The van der Waals surface area contributed by atoms with Crippen molar-refractivity contribution in [2.45, 2.75) is 4.83 Å². The topological polar surface area (TPSA) is 0 Å². The summed E-state index contributed by atoms with van der Waals surface area (Å²) in [7, 11) is 0. The molecule has 0 fully saturated rings. The third-order valence-corrected chi connectivity index (χ3v) is 5.12. The van der Waals surface area contributed by atoms with E-state index in [1.54, 1.807) is 24.3 Å². The zero-order chi connectivity index (χ0) is 15.0. The number of halogens is 4. The van der Waals surface area contributed by atoms with Gasteiger partial charge in [0.2, 0.25) is 0 Å². The van der Waals surface area contributed by atoms with Crippen molar-refractivity contribution in [3.05, 3.63) is 81.8 Å². The van der Waals surface area contributed by atoms with E-state index in [0.717, 1.165) is 21.0 Å². The minimum Gasteiger partial charge on any atom is -0.207 e. The average molecular weight is 412 g/mol. The highest BCUT2D eigenvalue weighted by molar-refractivity contribution is 9.11. The van der Waals surface area contributed by atoms with Crippen LogP contribution in [0.2, 0.25) is 0 Å². The molecule has 21 heavy (non-hydrogen) atoms. The molecular weight excluding hydrogens is 402 g/mol. The van der Waals surface area contributed by atoms with Crippen LogP contribution in [0.1, 0.15) is 16.0 Å². The van der Waals surface area contributed by atoms with Gasteiger partial charge in [-0.15, -0.1) is 0 Å². The van der Waals surface area contributed by atoms with Gasteiger partial charge in [-0.25, -0.2) is 8.78 Å². The first kappa shape index (κ1) is 14.7. The van der Waals surface area contributed by atoms with E-state index in [1.807, 2.05) is 12.1 Å². The van der Waals surface area contributed by atoms with Gasteiger partial charge in [0, 0.05) is 9.86 Å². The zero-order valence-electron chi connectivity index (χ0n) is 10.8. The average Bonchev–Trinajstić information content (AvgIpc) is 2.50. The minimum atomic E-state index is -0.302. The predicted octanol–water partition coefficient (Wildman–Crippen LogP) is 6.36. The molecule has 0 bridgehead atoms. The molecule has 106 valence electrons. The highest BCUT2D eigenvalue weighted by Crippen LogP contribution is 2.39. The van der Waals surface area contributed by atoms with Crippen molar-refractivity contribution in [2.24, 2.45) is 0 Å². The van der Waals surface area contributed by atoms with Crippen molar-refractivity contribution in [1.29, 1.82) is 0 Å². The molecule has 0 spiro atoms. The molecule has 0 nitrogen and oxygen atoms in total. The van der Waals surface area contributed by atoms with Gasteiger partial charge in [-0.05, 0) is 40.8 Å². The van der Waals surface area contributed by atoms with Crippen molar-refractivity contribution in [3.8, 4) is 0 Å². The van der Waals surface area contributed by atoms with Gasteiger partial charge in [0.1, 0.15) is 11.6 Å². The van der Waals surface area contributed by atoms with Crippen LogP contribution in [0.4, 0.5) is 8.78 Å². The van der Waals surface area contributed by atoms with Gasteiger partial charge in [-0.2, -0.15) is 0 Å². The molecule has 0 aromatic heterocycles. The Morgan fingerprint density at radius 1 is 0.810 bits per heavy atom. The lowest BCUT2D eigenvalue weighted by Crippen LogP contribution is -1.97. The van der Waals surface area contributed by atoms with Crippen LogP contribution in [0.5, 0.6) is 0 Å². The van der Waals surface area contributed by atoms with Gasteiger partial charge in [-0.1, -0.05) is 62.2 Å². The molecule has 0 saturated heterocycles. The van der Waals surface area contributed by atoms with E-state index in [9.17, 15) is 8.78 Å². The number of hydrogen-bond donors (Lipinski definition) is 0. The Labute approximate surface area is 138 Å². The summed E-state index contributed by atoms with van der Waals surface area (Å²) in [5.74, 6) is -0.559. The molecule has 3 aromatic carbocycles. The number of alkyl halides is 1. The lowest BCUT2D eigenvalue weighted by molar-refractivity contribution is 0.625. The second kappa shape index (κ2) is 5.85. The van der Waals surface area contributed by atoms with E-state index >= 15 is 0 Å². The smallest absolute Gasteiger partial charge is 0.131 e. The summed E-state index contributed by atoms with van der Waals surface area (Å²) in [4.78, 5) is -0.229. The fourth-order valence-corrected chi connectivity index (χ4v) is 3.94. The lowest BCUT2D eigenvalue weighted by atomic mass is 9.98. The lowest BCUT2D eigenvalue weighted by Gasteiger charge is -2.16. The number of rotatable bonds is 2. The molecule has 0 N–H and O–H groups in total. The van der Waals surface area contributed by atoms with Gasteiger partial charge in [-0.3, -0.25) is 0 Å². The van der Waals surface area contributed by atoms with Crippen LogP contribution in [-0.4, -0.2) is 0 Å². The summed E-state index contributed by atoms with van der Waals surface area (Å²) < 4.78 is 28.2. The molecule has 3 rings (SSSR count). The molecule has 4 heteroatoms. The monoisotopic (exact) mass is 410 g/mol. The zero-order valence-corrected chi connectivity index (χ0v) is 14.0. The first-order chi connectivity index (χ1) is 10.1. The summed E-state index contributed by atoms with van der Waals surface area (Å²) in [6, 6.07) is 15.0. The molecular formula is C17H10Br2F2. The van der Waals surface area contributed by atoms with E-state index in [4.69, 9.17) is 0 Å². The van der Waals surface area contributed by atoms with Crippen molar-refractivity contribution >= 4 is 42.6 Å². The van der Waals surface area contributed by atoms with Crippen LogP contribution in [0.15, 0.2) is 59.1 Å². The SMILES string of the molecule is Fc1ccc(Br)c(C(Br)c2ccc(F)c3ccccc23)c1. The fraction of sp³-hybridized carbons (Fsp3) is 0.0588. The van der Waals surface area contributed by atoms with Crippen LogP contribution in [0.3, 0.4) is 0 Å². The van der Waals surface area contributed by atoms with Crippen molar-refractivity contribution in [2.75, 3.05) is 0 Å². The van der Waals surface area contributed by atoms with Crippen LogP contribution in [-0.2, 0) is 0 Å². The number of benzene rings is 3. The fourth-order valence-electron chi connectivity index (χ4n) is 2.38. The summed E-state index contributed by atoms with van der Waals surface area (Å²) in [6.07, 6.45) is 0. The molecule has 0 aliphatic heterocycles. The van der Waals surface area contributed by atoms with Crippen molar-refractivity contribution in [3.63, 3.8) is 0 Å². The second-order valence-electron chi connectivity index (χ2n) is 4.71. The normalized spacial score (nSPS) is 12.6. The summed E-state index contributed by atoms with van der Waals surface area (Å²) in [5.41, 5.74) is 1.67. The van der Waals surface area contributed by atoms with Crippen LogP contribution >= 0.6 is 31.9 Å². The third-order valence-electron chi connectivity index (χ3n) is 3.41. The maximum Gasteiger partial charge on any atom is 0.131 e. The maximum absolute atomic E-state index is 13.9. The molecule has 1 unspecified atom stereocenters. The van der Waals surface area contributed by atoms with Gasteiger partial charge in [0.05, 0.1) is 4.83 Å². The largest absolute Gasteiger partial charge is 0.207 e. The quantitative estimate of drug-likeness (QED) is 0.430. The Morgan fingerprint density at radius 2 is 1.52 bits per heavy atom. The Bertz CT molecular complexity index is 815. The molecule has 0 amide bonds. The Morgan fingerprint density at radius 3 is 2.29 bits per heavy atom. The molecule has 1 atom stereocenters. The van der Waals surface area contributed by atoms with E-state index in [1.165, 1.54) is 18.2 Å². The maximum atomic E-state index is 13.9. The third kappa shape index (κ3) is 2.74. The van der Waals surface area contributed by atoms with E-state index in [-0.39, 0.29) is 16.5 Å². The van der Waals surface area contributed by atoms with Gasteiger partial charge < -0.3 is 0 Å². The summed E-state index contributed by atoms with van der Waals surface area (Å²) in [5, 5.41) is 1.38. The Balaban J connectivity index is 2.20. The van der Waals surface area contributed by atoms with Gasteiger partial charge in [0.15, 0.2) is 0 Å². The number of hydrogen-bond acceptors (Lipinski definition) is 0. The molecule has 0 heterocycles. The molecule has 0 aliphatic rings. The minimum absolute atomic E-state index is 0.229. The first-order valence-electron chi connectivity index (χ1n) is 6.34. The first-order valence-corrected chi connectivity index (χ1v) is 8.05. The van der Waals surface area contributed by atoms with Crippen molar-refractivity contribution < 1.29 is 8.78 Å². The highest BCUT2D eigenvalue weighted by Gasteiger charge is 2.17. The summed E-state index contributed by atoms with van der Waals surface area (Å²) >= 11 is 7.04. The standard InChI is InChI=1S/C17H10Br2F2/c18-15-7-5-10(20)9-14(15)17(19)13-6-8-16(21)12-4-2-1-3-11(12)13/h1-9,17H. The molecule has 0 saturated carbocycles. The molecule has 0 radical (unpaired) electrons. The van der Waals surface area contributed by atoms with Gasteiger partial charge in [0.25, 0.3) is 0 Å². The Hall–Kier alpha value is -1.26. The van der Waals surface area contributed by atoms with Crippen LogP contribution in [0.25, 0.3) is 10.8 Å². The van der Waals surface area contributed by atoms with Crippen molar-refractivity contribution in [1.82, 2.24) is 0 Å². The predicted molar refractivity (Wildman–Crippen MR) is 88.8 cm³/mol. The number of fused-ring (bicyclic) bond motifs is 1. The van der Waals surface area contributed by atoms with Gasteiger partial charge >= 0.3 is 0 Å². The van der Waals surface area contributed by atoms with E-state index in [2.05, 4.69) is 31.9 Å². The Kier molecular flexibility index (Phi) is 4.09.